The maximum atomic E-state index is 10.8. The zero-order valence-electron chi connectivity index (χ0n) is 10.9. The molecule has 2 unspecified atom stereocenters. The monoisotopic (exact) mass is 281 g/mol. The Bertz CT molecular complexity index is 722. The molecule has 0 spiro atoms. The van der Waals surface area contributed by atoms with E-state index >= 15 is 0 Å². The van der Waals surface area contributed by atoms with Crippen molar-refractivity contribution in [3.05, 3.63) is 42.2 Å². The molecule has 2 aromatic rings. The van der Waals surface area contributed by atoms with Gasteiger partial charge in [0, 0.05) is 18.8 Å². The summed E-state index contributed by atoms with van der Waals surface area (Å²) in [7, 11) is 0. The van der Waals surface area contributed by atoms with Crippen LogP contribution in [0.1, 0.15) is 16.8 Å². The van der Waals surface area contributed by atoms with Crippen LogP contribution in [0.4, 0.5) is 0 Å². The topological polar surface area (TPSA) is 96.1 Å². The van der Waals surface area contributed by atoms with Crippen LogP contribution < -0.4 is 4.74 Å². The summed E-state index contributed by atoms with van der Waals surface area (Å²) in [6.07, 6.45) is 3.16. The third kappa shape index (κ3) is 2.67. The van der Waals surface area contributed by atoms with Crippen LogP contribution in [0.5, 0.6) is 5.75 Å². The molecule has 1 N–H and O–H groups in total. The summed E-state index contributed by atoms with van der Waals surface area (Å²) >= 11 is 0. The standard InChI is InChI=1S/C15H11N3O3/c16-6-9-5-13(9)21-12-4-2-1-3-11(12)14-17-7-10(8-18-14)15(19)20/h1-4,7-9,13H,5H2,(H,19,20). The number of hydrogen-bond donors (Lipinski definition) is 1. The second kappa shape index (κ2) is 5.21. The van der Waals surface area contributed by atoms with Crippen LogP contribution >= 0.6 is 0 Å². The molecular formula is C15H11N3O3. The number of carboxylic acids is 1. The number of benzene rings is 1. The molecule has 6 nitrogen and oxygen atoms in total. The predicted molar refractivity (Wildman–Crippen MR) is 72.6 cm³/mol. The van der Waals surface area contributed by atoms with Crippen molar-refractivity contribution in [2.45, 2.75) is 12.5 Å². The van der Waals surface area contributed by atoms with E-state index in [4.69, 9.17) is 15.1 Å². The summed E-state index contributed by atoms with van der Waals surface area (Å²) in [5.74, 6) is -0.137. The van der Waals surface area contributed by atoms with E-state index in [1.165, 1.54) is 12.4 Å². The molecule has 0 aliphatic heterocycles. The molecular weight excluding hydrogens is 270 g/mol. The van der Waals surface area contributed by atoms with Crippen LogP contribution in [0.3, 0.4) is 0 Å². The molecule has 0 amide bonds. The average Bonchev–Trinajstić information content (AvgIpc) is 3.26. The fourth-order valence-electron chi connectivity index (χ4n) is 1.93. The van der Waals surface area contributed by atoms with E-state index in [0.29, 0.717) is 17.1 Å². The number of rotatable bonds is 4. The fourth-order valence-corrected chi connectivity index (χ4v) is 1.93. The van der Waals surface area contributed by atoms with Crippen LogP contribution in [0.25, 0.3) is 11.4 Å². The van der Waals surface area contributed by atoms with Gasteiger partial charge in [0.05, 0.1) is 23.1 Å². The number of nitriles is 1. The molecule has 1 aliphatic rings. The van der Waals surface area contributed by atoms with Crippen molar-refractivity contribution in [3.63, 3.8) is 0 Å². The highest BCUT2D eigenvalue weighted by atomic mass is 16.5. The van der Waals surface area contributed by atoms with Gasteiger partial charge in [0.15, 0.2) is 5.82 Å². The molecule has 2 atom stereocenters. The number of aromatic carboxylic acids is 1. The molecule has 0 radical (unpaired) electrons. The number of hydrogen-bond acceptors (Lipinski definition) is 5. The van der Waals surface area contributed by atoms with Crippen molar-refractivity contribution >= 4 is 5.97 Å². The minimum atomic E-state index is -1.07. The molecule has 21 heavy (non-hydrogen) atoms. The van der Waals surface area contributed by atoms with Gasteiger partial charge in [-0.15, -0.1) is 0 Å². The van der Waals surface area contributed by atoms with E-state index in [2.05, 4.69) is 16.0 Å². The molecule has 1 aromatic carbocycles. The van der Waals surface area contributed by atoms with Crippen molar-refractivity contribution in [2.75, 3.05) is 0 Å². The number of para-hydroxylation sites is 1. The highest BCUT2D eigenvalue weighted by molar-refractivity contribution is 5.87. The lowest BCUT2D eigenvalue weighted by Gasteiger charge is -2.09. The lowest BCUT2D eigenvalue weighted by atomic mass is 10.2. The van der Waals surface area contributed by atoms with E-state index in [0.717, 1.165) is 6.42 Å². The van der Waals surface area contributed by atoms with E-state index in [1.807, 2.05) is 12.1 Å². The highest BCUT2D eigenvalue weighted by Gasteiger charge is 2.40. The minimum absolute atomic E-state index is 0.0314. The lowest BCUT2D eigenvalue weighted by Crippen LogP contribution is -2.03. The van der Waals surface area contributed by atoms with Crippen molar-refractivity contribution < 1.29 is 14.6 Å². The zero-order chi connectivity index (χ0) is 14.8. The SMILES string of the molecule is N#CC1CC1Oc1ccccc1-c1ncc(C(=O)O)cn1. The third-order valence-corrected chi connectivity index (χ3v) is 3.20. The molecule has 0 bridgehead atoms. The molecule has 1 heterocycles. The highest BCUT2D eigenvalue weighted by Crippen LogP contribution is 2.37. The van der Waals surface area contributed by atoms with Gasteiger partial charge in [-0.05, 0) is 12.1 Å². The first-order chi connectivity index (χ1) is 10.2. The molecule has 1 aromatic heterocycles. The van der Waals surface area contributed by atoms with Crippen molar-refractivity contribution in [3.8, 4) is 23.2 Å². The van der Waals surface area contributed by atoms with Gasteiger partial charge in [0.1, 0.15) is 11.9 Å². The molecule has 1 fully saturated rings. The van der Waals surface area contributed by atoms with E-state index < -0.39 is 5.97 Å². The Hall–Kier alpha value is -2.94. The van der Waals surface area contributed by atoms with Crippen molar-refractivity contribution in [1.82, 2.24) is 9.97 Å². The normalized spacial score (nSPS) is 19.6. The van der Waals surface area contributed by atoms with E-state index in [1.54, 1.807) is 12.1 Å². The maximum absolute atomic E-state index is 10.8. The molecule has 1 saturated carbocycles. The summed E-state index contributed by atoms with van der Waals surface area (Å²) in [6, 6.07) is 9.41. The quantitative estimate of drug-likeness (QED) is 0.922. The summed E-state index contributed by atoms with van der Waals surface area (Å²) < 4.78 is 5.77. The van der Waals surface area contributed by atoms with Crippen LogP contribution in [-0.2, 0) is 0 Å². The summed E-state index contributed by atoms with van der Waals surface area (Å²) in [4.78, 5) is 18.9. The number of aromatic nitrogens is 2. The molecule has 0 saturated heterocycles. The van der Waals surface area contributed by atoms with Gasteiger partial charge in [0.25, 0.3) is 0 Å². The average molecular weight is 281 g/mol. The summed E-state index contributed by atoms with van der Waals surface area (Å²) in [5, 5.41) is 17.7. The Morgan fingerprint density at radius 3 is 2.67 bits per heavy atom. The Kier molecular flexibility index (Phi) is 3.24. The summed E-state index contributed by atoms with van der Waals surface area (Å²) in [5.41, 5.74) is 0.710. The Balaban J connectivity index is 1.88. The first-order valence-electron chi connectivity index (χ1n) is 6.40. The first kappa shape index (κ1) is 13.1. The number of nitrogens with zero attached hydrogens (tertiary/aromatic N) is 3. The van der Waals surface area contributed by atoms with Crippen LogP contribution in [-0.4, -0.2) is 27.1 Å². The van der Waals surface area contributed by atoms with E-state index in [-0.39, 0.29) is 17.6 Å². The second-order valence-electron chi connectivity index (χ2n) is 4.72. The lowest BCUT2D eigenvalue weighted by molar-refractivity contribution is 0.0696. The second-order valence-corrected chi connectivity index (χ2v) is 4.72. The minimum Gasteiger partial charge on any atom is -0.488 e. The van der Waals surface area contributed by atoms with Crippen LogP contribution in [0.2, 0.25) is 0 Å². The summed E-state index contributed by atoms with van der Waals surface area (Å²) in [6.45, 7) is 0. The van der Waals surface area contributed by atoms with Crippen LogP contribution in [0, 0.1) is 17.2 Å². The van der Waals surface area contributed by atoms with Gasteiger partial charge < -0.3 is 9.84 Å². The Labute approximate surface area is 120 Å². The van der Waals surface area contributed by atoms with Gasteiger partial charge in [-0.1, -0.05) is 12.1 Å². The largest absolute Gasteiger partial charge is 0.488 e. The van der Waals surface area contributed by atoms with Gasteiger partial charge in [-0.25, -0.2) is 14.8 Å². The fraction of sp³-hybridized carbons (Fsp3) is 0.200. The Morgan fingerprint density at radius 2 is 2.05 bits per heavy atom. The van der Waals surface area contributed by atoms with Crippen molar-refractivity contribution in [1.29, 1.82) is 5.26 Å². The Morgan fingerprint density at radius 1 is 1.33 bits per heavy atom. The first-order valence-corrected chi connectivity index (χ1v) is 6.40. The zero-order valence-corrected chi connectivity index (χ0v) is 10.9. The smallest absolute Gasteiger partial charge is 0.338 e. The van der Waals surface area contributed by atoms with Crippen LogP contribution in [0.15, 0.2) is 36.7 Å². The number of carbonyl (C=O) groups is 1. The molecule has 104 valence electrons. The maximum Gasteiger partial charge on any atom is 0.338 e. The van der Waals surface area contributed by atoms with Crippen molar-refractivity contribution in [2.24, 2.45) is 5.92 Å². The van der Waals surface area contributed by atoms with E-state index in [9.17, 15) is 4.79 Å². The van der Waals surface area contributed by atoms with Gasteiger partial charge >= 0.3 is 5.97 Å². The number of ether oxygens (including phenoxy) is 1. The molecule has 3 rings (SSSR count). The van der Waals surface area contributed by atoms with Gasteiger partial charge in [-0.3, -0.25) is 0 Å². The van der Waals surface area contributed by atoms with Gasteiger partial charge in [0.2, 0.25) is 0 Å². The predicted octanol–water partition coefficient (Wildman–Crippen LogP) is 2.13. The molecule has 1 aliphatic carbocycles. The number of carboxylic acid groups (broad SMARTS) is 1. The third-order valence-electron chi connectivity index (χ3n) is 3.20. The van der Waals surface area contributed by atoms with Gasteiger partial charge in [-0.2, -0.15) is 5.26 Å². The molecule has 6 heteroatoms.